The van der Waals surface area contributed by atoms with E-state index in [1.165, 1.54) is 0 Å². The first kappa shape index (κ1) is 13.0. The largest absolute Gasteiger partial charge is 0.488 e. The van der Waals surface area contributed by atoms with Crippen molar-refractivity contribution in [3.8, 4) is 5.75 Å². The molecule has 2 nitrogen and oxygen atoms in total. The van der Waals surface area contributed by atoms with Crippen LogP contribution < -0.4 is 10.5 Å². The molecular formula is C13H19NOS. The predicted molar refractivity (Wildman–Crippen MR) is 72.1 cm³/mol. The van der Waals surface area contributed by atoms with Crippen molar-refractivity contribution in [2.75, 3.05) is 0 Å². The van der Waals surface area contributed by atoms with Gasteiger partial charge in [0.25, 0.3) is 0 Å². The molecular weight excluding hydrogens is 218 g/mol. The third-order valence-electron chi connectivity index (χ3n) is 2.70. The molecule has 0 aliphatic heterocycles. The molecule has 3 heteroatoms. The number of ether oxygens (including phenoxy) is 1. The third-order valence-corrected chi connectivity index (χ3v) is 2.93. The highest BCUT2D eigenvalue weighted by Crippen LogP contribution is 2.25. The molecule has 88 valence electrons. The molecule has 1 aromatic carbocycles. The van der Waals surface area contributed by atoms with Gasteiger partial charge in [-0.05, 0) is 51.0 Å². The topological polar surface area (TPSA) is 35.2 Å². The smallest absolute Gasteiger partial charge is 0.123 e. The highest BCUT2D eigenvalue weighted by Gasteiger charge is 2.17. The third kappa shape index (κ3) is 3.20. The summed E-state index contributed by atoms with van der Waals surface area (Å²) in [6.45, 7) is 8.27. The van der Waals surface area contributed by atoms with Crippen molar-refractivity contribution >= 4 is 17.2 Å². The Morgan fingerprint density at radius 3 is 2.50 bits per heavy atom. The number of hydrogen-bond acceptors (Lipinski definition) is 2. The number of benzene rings is 1. The lowest BCUT2D eigenvalue weighted by atomic mass is 10.1. The molecule has 0 spiro atoms. The first-order chi connectivity index (χ1) is 7.35. The van der Waals surface area contributed by atoms with Crippen LogP contribution in [0.15, 0.2) is 18.2 Å². The highest BCUT2D eigenvalue weighted by molar-refractivity contribution is 7.80. The van der Waals surface area contributed by atoms with E-state index in [-0.39, 0.29) is 5.60 Å². The van der Waals surface area contributed by atoms with Crippen LogP contribution in [-0.2, 0) is 0 Å². The van der Waals surface area contributed by atoms with E-state index in [1.54, 1.807) is 0 Å². The molecule has 0 atom stereocenters. The van der Waals surface area contributed by atoms with Crippen molar-refractivity contribution in [2.24, 2.45) is 5.73 Å². The monoisotopic (exact) mass is 237 g/mol. The van der Waals surface area contributed by atoms with Crippen molar-refractivity contribution in [3.63, 3.8) is 0 Å². The van der Waals surface area contributed by atoms with Gasteiger partial charge >= 0.3 is 0 Å². The van der Waals surface area contributed by atoms with Crippen molar-refractivity contribution in [1.82, 2.24) is 0 Å². The summed E-state index contributed by atoms with van der Waals surface area (Å²) < 4.78 is 5.93. The van der Waals surface area contributed by atoms with Crippen LogP contribution in [0.4, 0.5) is 0 Å². The van der Waals surface area contributed by atoms with E-state index in [0.717, 1.165) is 23.3 Å². The van der Waals surface area contributed by atoms with Gasteiger partial charge in [0.05, 0.1) is 0 Å². The zero-order valence-corrected chi connectivity index (χ0v) is 11.1. The number of aryl methyl sites for hydroxylation is 1. The second kappa shape index (κ2) is 4.83. The molecule has 0 fully saturated rings. The predicted octanol–water partition coefficient (Wildman–Crippen LogP) is 3.20. The molecule has 0 amide bonds. The molecule has 0 aromatic heterocycles. The molecule has 0 unspecified atom stereocenters. The van der Waals surface area contributed by atoms with Gasteiger partial charge < -0.3 is 10.5 Å². The quantitative estimate of drug-likeness (QED) is 0.817. The molecule has 0 saturated carbocycles. The van der Waals surface area contributed by atoms with E-state index >= 15 is 0 Å². The molecule has 0 heterocycles. The molecule has 1 aromatic rings. The molecule has 16 heavy (non-hydrogen) atoms. The zero-order chi connectivity index (χ0) is 12.3. The molecule has 1 rings (SSSR count). The van der Waals surface area contributed by atoms with E-state index in [9.17, 15) is 0 Å². The van der Waals surface area contributed by atoms with Crippen LogP contribution in [0.25, 0.3) is 0 Å². The average molecular weight is 237 g/mol. The fraction of sp³-hybridized carbons (Fsp3) is 0.462. The van der Waals surface area contributed by atoms with E-state index in [4.69, 9.17) is 22.7 Å². The normalized spacial score (nSPS) is 11.2. The SMILES string of the molecule is CCC(C)(C)Oc1ccc(C(N)=S)cc1C. The Hall–Kier alpha value is -1.09. The van der Waals surface area contributed by atoms with Crippen LogP contribution in [0.3, 0.4) is 0 Å². The minimum absolute atomic E-state index is 0.143. The van der Waals surface area contributed by atoms with Gasteiger partial charge in [-0.3, -0.25) is 0 Å². The first-order valence-corrected chi connectivity index (χ1v) is 5.86. The summed E-state index contributed by atoms with van der Waals surface area (Å²) in [5, 5.41) is 0. The Bertz CT molecular complexity index is 399. The molecule has 2 N–H and O–H groups in total. The molecule has 0 radical (unpaired) electrons. The Balaban J connectivity index is 2.96. The second-order valence-electron chi connectivity index (χ2n) is 4.56. The fourth-order valence-electron chi connectivity index (χ4n) is 1.29. The Kier molecular flexibility index (Phi) is 3.92. The number of nitrogens with two attached hydrogens (primary N) is 1. The van der Waals surface area contributed by atoms with Gasteiger partial charge in [-0.25, -0.2) is 0 Å². The van der Waals surface area contributed by atoms with Crippen molar-refractivity contribution < 1.29 is 4.74 Å². The minimum Gasteiger partial charge on any atom is -0.488 e. The standard InChI is InChI=1S/C13H19NOS/c1-5-13(3,4)15-11-7-6-10(12(14)16)8-9(11)2/h6-8H,5H2,1-4H3,(H2,14,16). The molecule has 0 saturated heterocycles. The second-order valence-corrected chi connectivity index (χ2v) is 5.00. The van der Waals surface area contributed by atoms with Gasteiger partial charge in [0.2, 0.25) is 0 Å². The lowest BCUT2D eigenvalue weighted by Crippen LogP contribution is -2.27. The molecule has 0 bridgehead atoms. The Morgan fingerprint density at radius 1 is 1.44 bits per heavy atom. The van der Waals surface area contributed by atoms with E-state index in [2.05, 4.69) is 20.8 Å². The summed E-state index contributed by atoms with van der Waals surface area (Å²) in [7, 11) is 0. The summed E-state index contributed by atoms with van der Waals surface area (Å²) in [6, 6.07) is 5.79. The summed E-state index contributed by atoms with van der Waals surface area (Å²) in [5.41, 5.74) is 7.38. The molecule has 0 aliphatic rings. The van der Waals surface area contributed by atoms with Gasteiger partial charge in [-0.2, -0.15) is 0 Å². The van der Waals surface area contributed by atoms with Gasteiger partial charge in [0, 0.05) is 5.56 Å². The number of rotatable bonds is 4. The summed E-state index contributed by atoms with van der Waals surface area (Å²) in [5.74, 6) is 0.895. The summed E-state index contributed by atoms with van der Waals surface area (Å²) in [4.78, 5) is 0.421. The first-order valence-electron chi connectivity index (χ1n) is 5.45. The average Bonchev–Trinajstić information content (AvgIpc) is 2.20. The van der Waals surface area contributed by atoms with Crippen LogP contribution in [0.1, 0.15) is 38.3 Å². The Labute approximate surface area is 103 Å². The molecule has 0 aliphatic carbocycles. The van der Waals surface area contributed by atoms with E-state index in [0.29, 0.717) is 4.99 Å². The fourth-order valence-corrected chi connectivity index (χ4v) is 1.41. The van der Waals surface area contributed by atoms with Crippen LogP contribution in [-0.4, -0.2) is 10.6 Å². The van der Waals surface area contributed by atoms with Gasteiger partial charge in [0.15, 0.2) is 0 Å². The highest BCUT2D eigenvalue weighted by atomic mass is 32.1. The van der Waals surface area contributed by atoms with Crippen LogP contribution >= 0.6 is 12.2 Å². The van der Waals surface area contributed by atoms with E-state index in [1.807, 2.05) is 25.1 Å². The van der Waals surface area contributed by atoms with Gasteiger partial charge in [0.1, 0.15) is 16.3 Å². The number of hydrogen-bond donors (Lipinski definition) is 1. The maximum absolute atomic E-state index is 5.93. The minimum atomic E-state index is -0.143. The maximum atomic E-state index is 5.93. The summed E-state index contributed by atoms with van der Waals surface area (Å²) >= 11 is 4.93. The van der Waals surface area contributed by atoms with Crippen molar-refractivity contribution in [3.05, 3.63) is 29.3 Å². The van der Waals surface area contributed by atoms with Crippen LogP contribution in [0.5, 0.6) is 5.75 Å². The van der Waals surface area contributed by atoms with Gasteiger partial charge in [-0.1, -0.05) is 19.1 Å². The zero-order valence-electron chi connectivity index (χ0n) is 10.3. The lowest BCUT2D eigenvalue weighted by Gasteiger charge is -2.26. The number of thiocarbonyl (C=S) groups is 1. The summed E-state index contributed by atoms with van der Waals surface area (Å²) in [6.07, 6.45) is 0.962. The van der Waals surface area contributed by atoms with E-state index < -0.39 is 0 Å². The lowest BCUT2D eigenvalue weighted by molar-refractivity contribution is 0.104. The van der Waals surface area contributed by atoms with Crippen molar-refractivity contribution in [2.45, 2.75) is 39.7 Å². The van der Waals surface area contributed by atoms with Crippen molar-refractivity contribution in [1.29, 1.82) is 0 Å². The van der Waals surface area contributed by atoms with Crippen LogP contribution in [0, 0.1) is 6.92 Å². The Morgan fingerprint density at radius 2 is 2.06 bits per heavy atom. The van der Waals surface area contributed by atoms with Gasteiger partial charge in [-0.15, -0.1) is 0 Å². The maximum Gasteiger partial charge on any atom is 0.123 e. The van der Waals surface area contributed by atoms with Crippen LogP contribution in [0.2, 0.25) is 0 Å².